The Morgan fingerprint density at radius 1 is 1.33 bits per heavy atom. The van der Waals surface area contributed by atoms with Crippen molar-refractivity contribution >= 4 is 17.8 Å². The Bertz CT molecular complexity index is 597. The summed E-state index contributed by atoms with van der Waals surface area (Å²) in [6.07, 6.45) is 0.523. The molecular formula is C15H18N2O4. The molecule has 2 N–H and O–H groups in total. The van der Waals surface area contributed by atoms with Crippen molar-refractivity contribution in [2.45, 2.75) is 26.3 Å². The van der Waals surface area contributed by atoms with Crippen LogP contribution in [0.2, 0.25) is 0 Å². The molecule has 0 saturated carbocycles. The number of hydrogen-bond acceptors (Lipinski definition) is 3. The molecule has 2 amide bonds. The molecule has 1 atom stereocenters. The first-order chi connectivity index (χ1) is 9.93. The molecule has 112 valence electrons. The van der Waals surface area contributed by atoms with Gasteiger partial charge in [-0.2, -0.15) is 0 Å². The number of amides is 2. The van der Waals surface area contributed by atoms with Gasteiger partial charge in [0.05, 0.1) is 5.56 Å². The topological polar surface area (TPSA) is 86.7 Å². The Kier molecular flexibility index (Phi) is 4.26. The maximum absolute atomic E-state index is 12.6. The molecule has 6 heteroatoms. The summed E-state index contributed by atoms with van der Waals surface area (Å²) >= 11 is 0. The number of benzene rings is 1. The van der Waals surface area contributed by atoms with Crippen LogP contribution in [0.1, 0.15) is 39.6 Å². The van der Waals surface area contributed by atoms with Gasteiger partial charge < -0.3 is 15.3 Å². The second kappa shape index (κ2) is 5.95. The highest BCUT2D eigenvalue weighted by Crippen LogP contribution is 2.16. The molecule has 0 aliphatic carbocycles. The van der Waals surface area contributed by atoms with Crippen molar-refractivity contribution in [1.82, 2.24) is 10.2 Å². The lowest BCUT2D eigenvalue weighted by Gasteiger charge is -2.34. The van der Waals surface area contributed by atoms with E-state index in [1.54, 1.807) is 13.0 Å². The quantitative estimate of drug-likeness (QED) is 0.871. The van der Waals surface area contributed by atoms with Crippen molar-refractivity contribution < 1.29 is 19.5 Å². The Labute approximate surface area is 122 Å². The second-order valence-electron chi connectivity index (χ2n) is 5.11. The van der Waals surface area contributed by atoms with Crippen molar-refractivity contribution in [3.05, 3.63) is 34.9 Å². The molecule has 1 aromatic carbocycles. The van der Waals surface area contributed by atoms with Crippen LogP contribution in [0.25, 0.3) is 0 Å². The third kappa shape index (κ3) is 3.04. The summed E-state index contributed by atoms with van der Waals surface area (Å²) < 4.78 is 0. The van der Waals surface area contributed by atoms with Crippen molar-refractivity contribution in [1.29, 1.82) is 0 Å². The molecule has 1 aliphatic rings. The molecule has 0 bridgehead atoms. The van der Waals surface area contributed by atoms with Gasteiger partial charge in [0.25, 0.3) is 5.91 Å². The highest BCUT2D eigenvalue weighted by molar-refractivity contribution is 6.00. The lowest BCUT2D eigenvalue weighted by Crippen LogP contribution is -2.56. The lowest BCUT2D eigenvalue weighted by atomic mass is 10.0. The molecule has 21 heavy (non-hydrogen) atoms. The highest BCUT2D eigenvalue weighted by Gasteiger charge is 2.32. The number of aromatic carboxylic acids is 1. The summed E-state index contributed by atoms with van der Waals surface area (Å²) in [6.45, 7) is 4.43. The Hall–Kier alpha value is -2.37. The Morgan fingerprint density at radius 2 is 2.00 bits per heavy atom. The van der Waals surface area contributed by atoms with Gasteiger partial charge in [0.2, 0.25) is 5.91 Å². The molecule has 0 spiro atoms. The van der Waals surface area contributed by atoms with E-state index in [0.29, 0.717) is 30.6 Å². The van der Waals surface area contributed by atoms with Gasteiger partial charge in [-0.25, -0.2) is 4.79 Å². The maximum atomic E-state index is 12.6. The first-order valence-corrected chi connectivity index (χ1v) is 6.87. The van der Waals surface area contributed by atoms with E-state index in [4.69, 9.17) is 5.11 Å². The van der Waals surface area contributed by atoms with Gasteiger partial charge in [0.15, 0.2) is 0 Å². The van der Waals surface area contributed by atoms with Crippen LogP contribution < -0.4 is 5.32 Å². The summed E-state index contributed by atoms with van der Waals surface area (Å²) in [5.41, 5.74) is 1.08. The minimum absolute atomic E-state index is 0.0767. The number of aryl methyl sites for hydroxylation is 1. The molecule has 6 nitrogen and oxygen atoms in total. The number of rotatable bonds is 3. The van der Waals surface area contributed by atoms with Crippen LogP contribution in [0.5, 0.6) is 0 Å². The second-order valence-corrected chi connectivity index (χ2v) is 5.11. The fourth-order valence-corrected chi connectivity index (χ4v) is 2.56. The van der Waals surface area contributed by atoms with E-state index in [1.807, 2.05) is 6.92 Å². The molecule has 2 rings (SSSR count). The van der Waals surface area contributed by atoms with E-state index < -0.39 is 12.0 Å². The minimum Gasteiger partial charge on any atom is -0.478 e. The summed E-state index contributed by atoms with van der Waals surface area (Å²) in [6, 6.07) is 4.02. The summed E-state index contributed by atoms with van der Waals surface area (Å²) in [4.78, 5) is 37.0. The summed E-state index contributed by atoms with van der Waals surface area (Å²) in [7, 11) is 0. The first kappa shape index (κ1) is 15.0. The predicted octanol–water partition coefficient (Wildman–Crippen LogP) is 1.04. The van der Waals surface area contributed by atoms with Crippen LogP contribution in [0.3, 0.4) is 0 Å². The van der Waals surface area contributed by atoms with Crippen LogP contribution >= 0.6 is 0 Å². The predicted molar refractivity (Wildman–Crippen MR) is 76.3 cm³/mol. The van der Waals surface area contributed by atoms with Crippen LogP contribution in [0.15, 0.2) is 18.2 Å². The zero-order chi connectivity index (χ0) is 15.6. The molecular weight excluding hydrogens is 272 g/mol. The van der Waals surface area contributed by atoms with Crippen molar-refractivity contribution in [2.24, 2.45) is 0 Å². The van der Waals surface area contributed by atoms with Crippen molar-refractivity contribution in [3.8, 4) is 0 Å². The average molecular weight is 290 g/mol. The first-order valence-electron chi connectivity index (χ1n) is 6.87. The number of nitrogens with one attached hydrogen (secondary N) is 1. The van der Waals surface area contributed by atoms with E-state index in [9.17, 15) is 14.4 Å². The van der Waals surface area contributed by atoms with Gasteiger partial charge in [-0.1, -0.05) is 6.92 Å². The van der Waals surface area contributed by atoms with E-state index in [0.717, 1.165) is 0 Å². The monoisotopic (exact) mass is 290 g/mol. The van der Waals surface area contributed by atoms with Gasteiger partial charge in [0, 0.05) is 18.7 Å². The number of nitrogens with zero attached hydrogens (tertiary/aromatic N) is 1. The van der Waals surface area contributed by atoms with E-state index in [1.165, 1.54) is 17.0 Å². The number of piperazine rings is 1. The Balaban J connectivity index is 2.34. The van der Waals surface area contributed by atoms with Gasteiger partial charge >= 0.3 is 5.97 Å². The molecule has 0 radical (unpaired) electrons. The van der Waals surface area contributed by atoms with Gasteiger partial charge in [0.1, 0.15) is 6.04 Å². The SMILES string of the molecule is CCC1C(=O)NCCN1C(=O)c1cc(C)cc(C(=O)O)c1. The zero-order valence-electron chi connectivity index (χ0n) is 12.0. The van der Waals surface area contributed by atoms with E-state index in [2.05, 4.69) is 5.32 Å². The van der Waals surface area contributed by atoms with Crippen LogP contribution in [0.4, 0.5) is 0 Å². The molecule has 1 aromatic rings. The summed E-state index contributed by atoms with van der Waals surface area (Å²) in [5.74, 6) is -1.54. The van der Waals surface area contributed by atoms with Gasteiger partial charge in [-0.3, -0.25) is 9.59 Å². The molecule has 1 unspecified atom stereocenters. The number of carboxylic acid groups (broad SMARTS) is 1. The molecule has 1 heterocycles. The van der Waals surface area contributed by atoms with Crippen LogP contribution in [0, 0.1) is 6.92 Å². The van der Waals surface area contributed by atoms with E-state index in [-0.39, 0.29) is 17.4 Å². The fourth-order valence-electron chi connectivity index (χ4n) is 2.56. The third-order valence-electron chi connectivity index (χ3n) is 3.55. The average Bonchev–Trinajstić information content (AvgIpc) is 2.45. The molecule has 1 aliphatic heterocycles. The molecule has 1 fully saturated rings. The van der Waals surface area contributed by atoms with Crippen LogP contribution in [-0.2, 0) is 4.79 Å². The highest BCUT2D eigenvalue weighted by atomic mass is 16.4. The van der Waals surface area contributed by atoms with E-state index >= 15 is 0 Å². The molecule has 0 aromatic heterocycles. The summed E-state index contributed by atoms with van der Waals surface area (Å²) in [5, 5.41) is 11.8. The van der Waals surface area contributed by atoms with Crippen LogP contribution in [-0.4, -0.2) is 46.9 Å². The van der Waals surface area contributed by atoms with Gasteiger partial charge in [-0.15, -0.1) is 0 Å². The number of carboxylic acids is 1. The smallest absolute Gasteiger partial charge is 0.335 e. The number of hydrogen-bond donors (Lipinski definition) is 2. The molecule has 1 saturated heterocycles. The van der Waals surface area contributed by atoms with Gasteiger partial charge in [-0.05, 0) is 37.1 Å². The van der Waals surface area contributed by atoms with Crippen molar-refractivity contribution in [2.75, 3.05) is 13.1 Å². The largest absolute Gasteiger partial charge is 0.478 e. The minimum atomic E-state index is -1.07. The Morgan fingerprint density at radius 3 is 2.62 bits per heavy atom. The number of carbonyl (C=O) groups is 3. The standard InChI is InChI=1S/C15H18N2O4/c1-3-12-13(18)16-4-5-17(12)14(19)10-6-9(2)7-11(8-10)15(20)21/h6-8,12H,3-5H2,1-2H3,(H,16,18)(H,20,21). The lowest BCUT2D eigenvalue weighted by molar-refractivity contribution is -0.127. The normalized spacial score (nSPS) is 18.3. The fraction of sp³-hybridized carbons (Fsp3) is 0.400. The maximum Gasteiger partial charge on any atom is 0.335 e. The number of carbonyl (C=O) groups excluding carboxylic acids is 2. The third-order valence-corrected chi connectivity index (χ3v) is 3.55. The van der Waals surface area contributed by atoms with Crippen molar-refractivity contribution in [3.63, 3.8) is 0 Å². The zero-order valence-corrected chi connectivity index (χ0v) is 12.0.